The van der Waals surface area contributed by atoms with E-state index in [9.17, 15) is 15.2 Å². The van der Waals surface area contributed by atoms with E-state index >= 15 is 0 Å². The van der Waals surface area contributed by atoms with Crippen molar-refractivity contribution in [1.29, 1.82) is 5.26 Å². The Hall–Kier alpha value is -3.26. The van der Waals surface area contributed by atoms with Gasteiger partial charge in [0.15, 0.2) is 0 Å². The first kappa shape index (κ1) is 18.1. The van der Waals surface area contributed by atoms with Crippen molar-refractivity contribution in [3.8, 4) is 11.8 Å². The summed E-state index contributed by atoms with van der Waals surface area (Å²) in [5.74, 6) is -0.498. The van der Waals surface area contributed by atoms with Crippen LogP contribution in [0.3, 0.4) is 0 Å². The molecule has 0 aliphatic carbocycles. The number of hydrogen-bond donors (Lipinski definition) is 3. The number of phenolic OH excluding ortho intramolecular Hbond substituents is 1. The molecule has 0 aliphatic heterocycles. The van der Waals surface area contributed by atoms with E-state index in [4.69, 9.17) is 0 Å². The molecule has 25 heavy (non-hydrogen) atoms. The Morgan fingerprint density at radius 3 is 2.60 bits per heavy atom. The molecule has 2 aromatic rings. The monoisotopic (exact) mass is 335 g/mol. The van der Waals surface area contributed by atoms with Crippen LogP contribution in [0.2, 0.25) is 0 Å². The lowest BCUT2D eigenvalue weighted by Crippen LogP contribution is -2.14. The molecule has 0 radical (unpaired) electrons. The van der Waals surface area contributed by atoms with Gasteiger partial charge < -0.3 is 15.7 Å². The number of hydrogen-bond acceptors (Lipinski definition) is 4. The number of anilines is 2. The second kappa shape index (κ2) is 9.14. The fraction of sp³-hybridized carbons (Fsp3) is 0.200. The highest BCUT2D eigenvalue weighted by atomic mass is 16.3. The number of benzene rings is 2. The summed E-state index contributed by atoms with van der Waals surface area (Å²) >= 11 is 0. The Kier molecular flexibility index (Phi) is 6.61. The predicted molar refractivity (Wildman–Crippen MR) is 99.1 cm³/mol. The van der Waals surface area contributed by atoms with Gasteiger partial charge in [-0.25, -0.2) is 0 Å². The average Bonchev–Trinajstić information content (AvgIpc) is 2.61. The summed E-state index contributed by atoms with van der Waals surface area (Å²) in [5.41, 5.74) is 2.43. The molecular weight excluding hydrogens is 314 g/mol. The van der Waals surface area contributed by atoms with Gasteiger partial charge in [-0.3, -0.25) is 4.79 Å². The smallest absolute Gasteiger partial charge is 0.267 e. The van der Waals surface area contributed by atoms with Gasteiger partial charge in [0.1, 0.15) is 17.4 Å². The minimum absolute atomic E-state index is 0.0431. The van der Waals surface area contributed by atoms with Crippen molar-refractivity contribution < 1.29 is 9.90 Å². The normalized spacial score (nSPS) is 10.8. The molecular formula is C20H21N3O2. The van der Waals surface area contributed by atoms with Crippen LogP contribution >= 0.6 is 0 Å². The number of aryl methyl sites for hydroxylation is 1. The summed E-state index contributed by atoms with van der Waals surface area (Å²) in [7, 11) is 0. The standard InChI is InChI=1S/C20H21N3O2/c1-2-3-5-15-8-10-17(11-9-15)22-14-16(13-21)20(25)23-18-6-4-7-19(24)12-18/h4,6-12,14,22,24H,2-3,5H2,1H3,(H,23,25)/b16-14-. The van der Waals surface area contributed by atoms with Crippen LogP contribution in [0, 0.1) is 11.3 Å². The number of nitriles is 1. The summed E-state index contributed by atoms with van der Waals surface area (Å²) < 4.78 is 0. The van der Waals surface area contributed by atoms with E-state index in [-0.39, 0.29) is 11.3 Å². The quantitative estimate of drug-likeness (QED) is 0.523. The number of phenols is 1. The summed E-state index contributed by atoms with van der Waals surface area (Å²) in [6.45, 7) is 2.16. The van der Waals surface area contributed by atoms with Gasteiger partial charge in [-0.1, -0.05) is 31.5 Å². The van der Waals surface area contributed by atoms with E-state index in [0.717, 1.165) is 24.9 Å². The number of rotatable bonds is 7. The van der Waals surface area contributed by atoms with Gasteiger partial charge in [-0.15, -0.1) is 0 Å². The van der Waals surface area contributed by atoms with E-state index < -0.39 is 5.91 Å². The van der Waals surface area contributed by atoms with Crippen LogP contribution in [0.5, 0.6) is 5.75 Å². The minimum atomic E-state index is -0.542. The highest BCUT2D eigenvalue weighted by Crippen LogP contribution is 2.16. The van der Waals surface area contributed by atoms with Crippen LogP contribution in [0.4, 0.5) is 11.4 Å². The van der Waals surface area contributed by atoms with Crippen LogP contribution < -0.4 is 10.6 Å². The van der Waals surface area contributed by atoms with Crippen molar-refractivity contribution in [2.24, 2.45) is 0 Å². The third-order valence-corrected chi connectivity index (χ3v) is 3.63. The lowest BCUT2D eigenvalue weighted by Gasteiger charge is -2.06. The number of carbonyl (C=O) groups is 1. The molecule has 0 fully saturated rings. The van der Waals surface area contributed by atoms with Crippen LogP contribution in [-0.4, -0.2) is 11.0 Å². The molecule has 0 aliphatic rings. The first-order valence-corrected chi connectivity index (χ1v) is 8.18. The second-order valence-electron chi connectivity index (χ2n) is 5.62. The van der Waals surface area contributed by atoms with Crippen molar-refractivity contribution in [3.63, 3.8) is 0 Å². The average molecular weight is 335 g/mol. The van der Waals surface area contributed by atoms with E-state index in [2.05, 4.69) is 17.6 Å². The van der Waals surface area contributed by atoms with Crippen LogP contribution in [0.15, 0.2) is 60.3 Å². The van der Waals surface area contributed by atoms with E-state index in [1.54, 1.807) is 12.1 Å². The first-order chi connectivity index (χ1) is 12.1. The highest BCUT2D eigenvalue weighted by Gasteiger charge is 2.09. The fourth-order valence-electron chi connectivity index (χ4n) is 2.23. The van der Waals surface area contributed by atoms with Gasteiger partial charge in [0.2, 0.25) is 0 Å². The topological polar surface area (TPSA) is 85.2 Å². The molecule has 0 aromatic heterocycles. The molecule has 2 aromatic carbocycles. The fourth-order valence-corrected chi connectivity index (χ4v) is 2.23. The zero-order valence-corrected chi connectivity index (χ0v) is 14.1. The molecule has 0 atom stereocenters. The third kappa shape index (κ3) is 5.70. The zero-order chi connectivity index (χ0) is 18.1. The van der Waals surface area contributed by atoms with Gasteiger partial charge in [0.25, 0.3) is 5.91 Å². The Morgan fingerprint density at radius 1 is 1.20 bits per heavy atom. The molecule has 3 N–H and O–H groups in total. The molecule has 5 nitrogen and oxygen atoms in total. The maximum Gasteiger partial charge on any atom is 0.267 e. The van der Waals surface area contributed by atoms with Crippen molar-refractivity contribution in [2.45, 2.75) is 26.2 Å². The third-order valence-electron chi connectivity index (χ3n) is 3.63. The van der Waals surface area contributed by atoms with E-state index in [0.29, 0.717) is 5.69 Å². The number of aromatic hydroxyl groups is 1. The molecule has 0 bridgehead atoms. The van der Waals surface area contributed by atoms with Gasteiger partial charge >= 0.3 is 0 Å². The Labute approximate surface area is 147 Å². The van der Waals surface area contributed by atoms with Crippen LogP contribution in [0.1, 0.15) is 25.3 Å². The summed E-state index contributed by atoms with van der Waals surface area (Å²) in [4.78, 5) is 12.1. The van der Waals surface area contributed by atoms with Gasteiger partial charge in [0.05, 0.1) is 0 Å². The number of unbranched alkanes of at least 4 members (excludes halogenated alkanes) is 1. The van der Waals surface area contributed by atoms with Crippen molar-refractivity contribution in [3.05, 3.63) is 65.9 Å². The number of carbonyl (C=O) groups excluding carboxylic acids is 1. The molecule has 0 spiro atoms. The van der Waals surface area contributed by atoms with Crippen LogP contribution in [-0.2, 0) is 11.2 Å². The Balaban J connectivity index is 1.99. The molecule has 1 amide bonds. The number of nitrogens with zero attached hydrogens (tertiary/aromatic N) is 1. The highest BCUT2D eigenvalue weighted by molar-refractivity contribution is 6.06. The molecule has 0 unspecified atom stereocenters. The second-order valence-corrected chi connectivity index (χ2v) is 5.62. The molecule has 2 rings (SSSR count). The zero-order valence-electron chi connectivity index (χ0n) is 14.1. The summed E-state index contributed by atoms with van der Waals surface area (Å²) in [6.07, 6.45) is 4.73. The lowest BCUT2D eigenvalue weighted by atomic mass is 10.1. The minimum Gasteiger partial charge on any atom is -0.508 e. The first-order valence-electron chi connectivity index (χ1n) is 8.18. The molecule has 128 valence electrons. The van der Waals surface area contributed by atoms with Crippen molar-refractivity contribution in [1.82, 2.24) is 0 Å². The summed E-state index contributed by atoms with van der Waals surface area (Å²) in [5, 5.41) is 24.1. The van der Waals surface area contributed by atoms with E-state index in [1.165, 1.54) is 23.9 Å². The van der Waals surface area contributed by atoms with Gasteiger partial charge in [0, 0.05) is 23.6 Å². The van der Waals surface area contributed by atoms with E-state index in [1.807, 2.05) is 30.3 Å². The van der Waals surface area contributed by atoms with Crippen molar-refractivity contribution in [2.75, 3.05) is 10.6 Å². The van der Waals surface area contributed by atoms with Crippen LogP contribution in [0.25, 0.3) is 0 Å². The SMILES string of the molecule is CCCCc1ccc(N/C=C(/C#N)C(=O)Nc2cccc(O)c2)cc1. The maximum atomic E-state index is 12.1. The van der Waals surface area contributed by atoms with Crippen molar-refractivity contribution >= 4 is 17.3 Å². The Bertz CT molecular complexity index is 789. The van der Waals surface area contributed by atoms with Gasteiger partial charge in [-0.2, -0.15) is 5.26 Å². The number of amides is 1. The van der Waals surface area contributed by atoms with Gasteiger partial charge in [-0.05, 0) is 42.7 Å². The largest absolute Gasteiger partial charge is 0.508 e. The molecule has 5 heteroatoms. The number of nitrogens with one attached hydrogen (secondary N) is 2. The summed E-state index contributed by atoms with van der Waals surface area (Å²) in [6, 6.07) is 15.9. The predicted octanol–water partition coefficient (Wildman–Crippen LogP) is 4.19. The molecule has 0 heterocycles. The molecule has 0 saturated carbocycles. The lowest BCUT2D eigenvalue weighted by molar-refractivity contribution is -0.112. The maximum absolute atomic E-state index is 12.1. The Morgan fingerprint density at radius 2 is 1.96 bits per heavy atom. The molecule has 0 saturated heterocycles.